The number of hydrogen-bond donors (Lipinski definition) is 1. The topological polar surface area (TPSA) is 72.9 Å². The molecule has 0 saturated carbocycles. The molecule has 0 saturated heterocycles. The number of hydroxylamine groups is 2. The molecule has 0 bridgehead atoms. The van der Waals surface area contributed by atoms with Crippen molar-refractivity contribution in [2.45, 2.75) is 33.3 Å². The van der Waals surface area contributed by atoms with Crippen molar-refractivity contribution in [1.82, 2.24) is 10.0 Å². The SMILES string of the molecule is CON(C)C(=O)Nc1ccc(OC(C)C2=C3C=COC=C3CC2(C)C)nc1. The summed E-state index contributed by atoms with van der Waals surface area (Å²) in [5, 5.41) is 3.77. The lowest BCUT2D eigenvalue weighted by atomic mass is 9.82. The van der Waals surface area contributed by atoms with Crippen molar-refractivity contribution in [2.75, 3.05) is 19.5 Å². The number of nitrogens with one attached hydrogen (secondary N) is 1. The molecule has 0 radical (unpaired) electrons. The molecule has 0 fully saturated rings. The number of carbonyl (C=O) groups is 1. The second-order valence-electron chi connectivity index (χ2n) is 7.23. The lowest BCUT2D eigenvalue weighted by Gasteiger charge is -2.27. The van der Waals surface area contributed by atoms with Crippen molar-refractivity contribution in [1.29, 1.82) is 0 Å². The van der Waals surface area contributed by atoms with E-state index in [9.17, 15) is 4.79 Å². The van der Waals surface area contributed by atoms with Crippen LogP contribution in [0.15, 0.2) is 53.6 Å². The number of nitrogens with zero attached hydrogens (tertiary/aromatic N) is 2. The number of anilines is 1. The Bertz CT molecular complexity index is 809. The van der Waals surface area contributed by atoms with Crippen LogP contribution in [-0.4, -0.2) is 36.3 Å². The number of fused-ring (bicyclic) bond motifs is 1. The summed E-state index contributed by atoms with van der Waals surface area (Å²) in [4.78, 5) is 20.9. The Morgan fingerprint density at radius 3 is 2.85 bits per heavy atom. The van der Waals surface area contributed by atoms with E-state index < -0.39 is 0 Å². The van der Waals surface area contributed by atoms with Crippen molar-refractivity contribution in [3.8, 4) is 5.88 Å². The lowest BCUT2D eigenvalue weighted by Crippen LogP contribution is -2.30. The molecule has 27 heavy (non-hydrogen) atoms. The summed E-state index contributed by atoms with van der Waals surface area (Å²) >= 11 is 0. The van der Waals surface area contributed by atoms with Gasteiger partial charge in [0, 0.05) is 13.1 Å². The monoisotopic (exact) mass is 371 g/mol. The molecule has 1 aliphatic heterocycles. The Hall–Kier alpha value is -2.80. The normalized spacial score (nSPS) is 18.3. The third-order valence-corrected chi connectivity index (χ3v) is 4.77. The van der Waals surface area contributed by atoms with Crippen LogP contribution in [-0.2, 0) is 9.57 Å². The molecule has 2 heterocycles. The van der Waals surface area contributed by atoms with Gasteiger partial charge in [0.05, 0.1) is 31.5 Å². The second kappa shape index (κ2) is 7.44. The summed E-state index contributed by atoms with van der Waals surface area (Å²) in [6.45, 7) is 6.45. The first-order valence-corrected chi connectivity index (χ1v) is 8.79. The molecular formula is C20H25N3O4. The highest BCUT2D eigenvalue weighted by molar-refractivity contribution is 5.88. The molecule has 1 aromatic heterocycles. The van der Waals surface area contributed by atoms with Crippen LogP contribution in [0, 0.1) is 5.41 Å². The first-order valence-electron chi connectivity index (χ1n) is 8.79. The van der Waals surface area contributed by atoms with E-state index in [4.69, 9.17) is 14.3 Å². The van der Waals surface area contributed by atoms with E-state index in [1.807, 2.05) is 19.3 Å². The van der Waals surface area contributed by atoms with Gasteiger partial charge in [0.2, 0.25) is 5.88 Å². The molecule has 0 spiro atoms. The molecule has 3 rings (SSSR count). The first kappa shape index (κ1) is 19.0. The molecule has 144 valence electrons. The van der Waals surface area contributed by atoms with Gasteiger partial charge in [-0.25, -0.2) is 14.8 Å². The maximum absolute atomic E-state index is 11.8. The van der Waals surface area contributed by atoms with Crippen molar-refractivity contribution < 1.29 is 19.1 Å². The number of carbonyl (C=O) groups excluding carboxylic acids is 1. The van der Waals surface area contributed by atoms with E-state index in [2.05, 4.69) is 24.1 Å². The zero-order chi connectivity index (χ0) is 19.6. The van der Waals surface area contributed by atoms with E-state index in [0.717, 1.165) is 11.5 Å². The molecule has 2 amide bonds. The highest BCUT2D eigenvalue weighted by Gasteiger charge is 2.39. The number of amides is 2. The summed E-state index contributed by atoms with van der Waals surface area (Å²) in [6, 6.07) is 3.10. The molecule has 1 atom stereocenters. The molecule has 1 N–H and O–H groups in total. The largest absolute Gasteiger partial charge is 0.472 e. The minimum atomic E-state index is -0.383. The molecule has 1 aliphatic carbocycles. The standard InChI is InChI=1S/C20H25N3O4/c1-13(18-16-8-9-26-12-14(16)10-20(18,2)3)27-17-7-6-15(11-21-17)22-19(24)23(4)25-5/h6-9,11-13H,10H2,1-5H3,(H,22,24). The van der Waals surface area contributed by atoms with Crippen LogP contribution >= 0.6 is 0 Å². The number of allylic oxidation sites excluding steroid dienone is 3. The number of hydrogen-bond acceptors (Lipinski definition) is 5. The number of aromatic nitrogens is 1. The predicted molar refractivity (Wildman–Crippen MR) is 102 cm³/mol. The average Bonchev–Trinajstić information content (AvgIpc) is 2.92. The highest BCUT2D eigenvalue weighted by Crippen LogP contribution is 2.48. The van der Waals surface area contributed by atoms with Gasteiger partial charge < -0.3 is 14.8 Å². The van der Waals surface area contributed by atoms with Gasteiger partial charge in [-0.1, -0.05) is 13.8 Å². The van der Waals surface area contributed by atoms with Gasteiger partial charge in [0.25, 0.3) is 0 Å². The fourth-order valence-electron chi connectivity index (χ4n) is 3.55. The Balaban J connectivity index is 1.72. The quantitative estimate of drug-likeness (QED) is 0.791. The third-order valence-electron chi connectivity index (χ3n) is 4.77. The van der Waals surface area contributed by atoms with Crippen molar-refractivity contribution >= 4 is 11.7 Å². The van der Waals surface area contributed by atoms with Gasteiger partial charge in [-0.05, 0) is 47.6 Å². The fourth-order valence-corrected chi connectivity index (χ4v) is 3.55. The van der Waals surface area contributed by atoms with Crippen LogP contribution in [0.4, 0.5) is 10.5 Å². The molecule has 1 aromatic rings. The zero-order valence-electron chi connectivity index (χ0n) is 16.3. The third kappa shape index (κ3) is 3.98. The van der Waals surface area contributed by atoms with Crippen LogP contribution < -0.4 is 10.1 Å². The number of urea groups is 1. The maximum atomic E-state index is 11.8. The van der Waals surface area contributed by atoms with Gasteiger partial charge in [-0.2, -0.15) is 0 Å². The second-order valence-corrected chi connectivity index (χ2v) is 7.23. The van der Waals surface area contributed by atoms with Crippen molar-refractivity contribution in [3.05, 3.63) is 53.6 Å². The Morgan fingerprint density at radius 1 is 1.41 bits per heavy atom. The Kier molecular flexibility index (Phi) is 5.23. The van der Waals surface area contributed by atoms with Gasteiger partial charge in [0.1, 0.15) is 6.10 Å². The van der Waals surface area contributed by atoms with Gasteiger partial charge in [0.15, 0.2) is 0 Å². The fraction of sp³-hybridized carbons (Fsp3) is 0.400. The minimum absolute atomic E-state index is 0.0166. The number of rotatable bonds is 5. The molecule has 0 aromatic carbocycles. The van der Waals surface area contributed by atoms with Crippen LogP contribution in [0.25, 0.3) is 0 Å². The van der Waals surface area contributed by atoms with E-state index in [-0.39, 0.29) is 17.6 Å². The maximum Gasteiger partial charge on any atom is 0.345 e. The van der Waals surface area contributed by atoms with Crippen molar-refractivity contribution in [2.24, 2.45) is 5.41 Å². The first-order chi connectivity index (χ1) is 12.8. The summed E-state index contributed by atoms with van der Waals surface area (Å²) in [7, 11) is 2.94. The van der Waals surface area contributed by atoms with E-state index in [0.29, 0.717) is 11.6 Å². The predicted octanol–water partition coefficient (Wildman–Crippen LogP) is 4.03. The van der Waals surface area contributed by atoms with Crippen LogP contribution in [0.3, 0.4) is 0 Å². The van der Waals surface area contributed by atoms with Crippen LogP contribution in [0.5, 0.6) is 5.88 Å². The molecule has 7 heteroatoms. The average molecular weight is 371 g/mol. The summed E-state index contributed by atoms with van der Waals surface area (Å²) in [5.74, 6) is 0.498. The number of ether oxygens (including phenoxy) is 2. The van der Waals surface area contributed by atoms with E-state index in [1.54, 1.807) is 24.6 Å². The van der Waals surface area contributed by atoms with Gasteiger partial charge >= 0.3 is 6.03 Å². The smallest absolute Gasteiger partial charge is 0.345 e. The number of pyridine rings is 1. The van der Waals surface area contributed by atoms with Crippen LogP contribution in [0.1, 0.15) is 27.2 Å². The van der Waals surface area contributed by atoms with Gasteiger partial charge in [-0.3, -0.25) is 4.84 Å². The molecule has 1 unspecified atom stereocenters. The van der Waals surface area contributed by atoms with E-state index >= 15 is 0 Å². The summed E-state index contributed by atoms with van der Waals surface area (Å²) in [6.07, 6.45) is 7.83. The van der Waals surface area contributed by atoms with E-state index in [1.165, 1.54) is 30.9 Å². The zero-order valence-corrected chi connectivity index (χ0v) is 16.3. The molecular weight excluding hydrogens is 346 g/mol. The Labute approximate surface area is 159 Å². The summed E-state index contributed by atoms with van der Waals surface area (Å²) in [5.41, 5.74) is 4.16. The Morgan fingerprint density at radius 2 is 2.19 bits per heavy atom. The highest BCUT2D eigenvalue weighted by atomic mass is 16.7. The lowest BCUT2D eigenvalue weighted by molar-refractivity contribution is -0.0598. The minimum Gasteiger partial charge on any atom is -0.472 e. The van der Waals surface area contributed by atoms with Crippen molar-refractivity contribution in [3.63, 3.8) is 0 Å². The molecule has 7 nitrogen and oxygen atoms in total. The van der Waals surface area contributed by atoms with Crippen LogP contribution in [0.2, 0.25) is 0 Å². The molecule has 2 aliphatic rings. The summed E-state index contributed by atoms with van der Waals surface area (Å²) < 4.78 is 11.4. The van der Waals surface area contributed by atoms with Gasteiger partial charge in [-0.15, -0.1) is 0 Å².